The van der Waals surface area contributed by atoms with Gasteiger partial charge < -0.3 is 20.1 Å². The van der Waals surface area contributed by atoms with E-state index in [0.717, 1.165) is 18.9 Å². The van der Waals surface area contributed by atoms with Gasteiger partial charge in [-0.1, -0.05) is 0 Å². The van der Waals surface area contributed by atoms with Crippen LogP contribution in [0.2, 0.25) is 0 Å². The van der Waals surface area contributed by atoms with Gasteiger partial charge in [0.25, 0.3) is 0 Å². The lowest BCUT2D eigenvalue weighted by Gasteiger charge is -2.30. The van der Waals surface area contributed by atoms with E-state index >= 15 is 0 Å². The molecule has 4 nitrogen and oxygen atoms in total. The van der Waals surface area contributed by atoms with Crippen molar-refractivity contribution in [1.82, 2.24) is 10.2 Å². The molecule has 0 aromatic carbocycles. The number of methoxy groups -OCH3 is 1. The number of aliphatic hydroxyl groups excluding tert-OH is 1. The zero-order chi connectivity index (χ0) is 11.8. The maximum absolute atomic E-state index is 8.93. The predicted molar refractivity (Wildman–Crippen MR) is 65.6 cm³/mol. The minimum atomic E-state index is 0.231. The van der Waals surface area contributed by atoms with E-state index in [-0.39, 0.29) is 6.61 Å². The van der Waals surface area contributed by atoms with Gasteiger partial charge in [0.1, 0.15) is 0 Å². The van der Waals surface area contributed by atoms with Crippen molar-refractivity contribution in [3.63, 3.8) is 0 Å². The molecular formula is C12H26N2O2. The largest absolute Gasteiger partial charge is 0.396 e. The average Bonchev–Trinajstić information content (AvgIpc) is 2.29. The number of hydrogen-bond acceptors (Lipinski definition) is 4. The Morgan fingerprint density at radius 1 is 1.44 bits per heavy atom. The summed E-state index contributed by atoms with van der Waals surface area (Å²) in [7, 11) is 3.89. The topological polar surface area (TPSA) is 44.7 Å². The molecule has 0 bridgehead atoms. The average molecular weight is 230 g/mol. The van der Waals surface area contributed by atoms with Gasteiger partial charge in [-0.2, -0.15) is 0 Å². The Labute approximate surface area is 99.0 Å². The standard InChI is InChI=1S/C12H26N2O2/c1-14-6-3-11(4-7-14)9-13-12(5-8-15)10-16-2/h11-13,15H,3-10H2,1-2H3. The van der Waals surface area contributed by atoms with Crippen LogP contribution in [0.1, 0.15) is 19.3 Å². The minimum absolute atomic E-state index is 0.231. The van der Waals surface area contributed by atoms with Gasteiger partial charge in [-0.15, -0.1) is 0 Å². The second-order valence-corrected chi connectivity index (χ2v) is 4.82. The molecule has 0 saturated carbocycles. The van der Waals surface area contributed by atoms with Crippen molar-refractivity contribution in [2.45, 2.75) is 25.3 Å². The summed E-state index contributed by atoms with van der Waals surface area (Å²) in [5.74, 6) is 0.786. The van der Waals surface area contributed by atoms with E-state index in [9.17, 15) is 0 Å². The van der Waals surface area contributed by atoms with Gasteiger partial charge in [0.15, 0.2) is 0 Å². The molecule has 1 aliphatic heterocycles. The van der Waals surface area contributed by atoms with Gasteiger partial charge in [0, 0.05) is 19.8 Å². The van der Waals surface area contributed by atoms with Crippen LogP contribution in [-0.2, 0) is 4.74 Å². The first-order valence-corrected chi connectivity index (χ1v) is 6.28. The third-order valence-corrected chi connectivity index (χ3v) is 3.38. The van der Waals surface area contributed by atoms with Crippen LogP contribution in [0.5, 0.6) is 0 Å². The quantitative estimate of drug-likeness (QED) is 0.661. The van der Waals surface area contributed by atoms with Crippen molar-refractivity contribution in [2.75, 3.05) is 47.0 Å². The zero-order valence-corrected chi connectivity index (χ0v) is 10.6. The van der Waals surface area contributed by atoms with Crippen molar-refractivity contribution in [2.24, 2.45) is 5.92 Å². The van der Waals surface area contributed by atoms with E-state index in [1.165, 1.54) is 25.9 Å². The second kappa shape index (κ2) is 8.01. The summed E-state index contributed by atoms with van der Waals surface area (Å²) in [6.45, 7) is 4.39. The van der Waals surface area contributed by atoms with Gasteiger partial charge in [-0.25, -0.2) is 0 Å². The Morgan fingerprint density at radius 2 is 2.12 bits per heavy atom. The summed E-state index contributed by atoms with van der Waals surface area (Å²) in [5, 5.41) is 12.4. The molecule has 16 heavy (non-hydrogen) atoms. The van der Waals surface area contributed by atoms with Crippen LogP contribution in [0.25, 0.3) is 0 Å². The first-order valence-electron chi connectivity index (χ1n) is 6.28. The van der Waals surface area contributed by atoms with E-state index in [1.54, 1.807) is 7.11 Å². The lowest BCUT2D eigenvalue weighted by molar-refractivity contribution is 0.140. The minimum Gasteiger partial charge on any atom is -0.396 e. The molecule has 2 N–H and O–H groups in total. The second-order valence-electron chi connectivity index (χ2n) is 4.82. The number of aliphatic hydroxyl groups is 1. The number of ether oxygens (including phenoxy) is 1. The highest BCUT2D eigenvalue weighted by atomic mass is 16.5. The van der Waals surface area contributed by atoms with Crippen LogP contribution in [0.3, 0.4) is 0 Å². The monoisotopic (exact) mass is 230 g/mol. The fraction of sp³-hybridized carbons (Fsp3) is 1.00. The molecule has 1 unspecified atom stereocenters. The lowest BCUT2D eigenvalue weighted by atomic mass is 9.97. The van der Waals surface area contributed by atoms with Crippen molar-refractivity contribution in [1.29, 1.82) is 0 Å². The molecule has 1 aliphatic rings. The van der Waals surface area contributed by atoms with Crippen LogP contribution < -0.4 is 5.32 Å². The molecule has 1 fully saturated rings. The van der Waals surface area contributed by atoms with Crippen molar-refractivity contribution >= 4 is 0 Å². The van der Waals surface area contributed by atoms with Crippen LogP contribution in [-0.4, -0.2) is 63.1 Å². The molecule has 1 saturated heterocycles. The molecular weight excluding hydrogens is 204 g/mol. The molecule has 96 valence electrons. The number of hydrogen-bond donors (Lipinski definition) is 2. The summed E-state index contributed by atoms with van der Waals surface area (Å²) >= 11 is 0. The molecule has 0 radical (unpaired) electrons. The highest BCUT2D eigenvalue weighted by Crippen LogP contribution is 2.15. The van der Waals surface area contributed by atoms with E-state index in [2.05, 4.69) is 17.3 Å². The third kappa shape index (κ3) is 5.25. The molecule has 0 aliphatic carbocycles. The van der Waals surface area contributed by atoms with Crippen molar-refractivity contribution in [3.8, 4) is 0 Å². The maximum atomic E-state index is 8.93. The SMILES string of the molecule is COCC(CCO)NCC1CCN(C)CC1. The first kappa shape index (κ1) is 13.9. The molecule has 1 rings (SSSR count). The van der Waals surface area contributed by atoms with Crippen molar-refractivity contribution < 1.29 is 9.84 Å². The predicted octanol–water partition coefficient (Wildman–Crippen LogP) is 0.315. The molecule has 4 heteroatoms. The van der Waals surface area contributed by atoms with E-state index in [4.69, 9.17) is 9.84 Å². The van der Waals surface area contributed by atoms with Gasteiger partial charge in [-0.3, -0.25) is 0 Å². The van der Waals surface area contributed by atoms with Crippen LogP contribution >= 0.6 is 0 Å². The summed E-state index contributed by atoms with van der Waals surface area (Å²) < 4.78 is 5.13. The van der Waals surface area contributed by atoms with Gasteiger partial charge in [-0.05, 0) is 51.9 Å². The summed E-state index contributed by atoms with van der Waals surface area (Å²) in [6, 6.07) is 0.301. The Bertz CT molecular complexity index is 164. The lowest BCUT2D eigenvalue weighted by Crippen LogP contribution is -2.40. The van der Waals surface area contributed by atoms with E-state index < -0.39 is 0 Å². The Kier molecular flexibility index (Phi) is 6.96. The zero-order valence-electron chi connectivity index (χ0n) is 10.6. The van der Waals surface area contributed by atoms with Gasteiger partial charge in [0.05, 0.1) is 6.61 Å². The summed E-state index contributed by atoms with van der Waals surface area (Å²) in [6.07, 6.45) is 3.34. The first-order chi connectivity index (χ1) is 7.76. The molecule has 0 aromatic heterocycles. The normalized spacial score (nSPS) is 21.2. The smallest absolute Gasteiger partial charge is 0.0616 e. The Hall–Kier alpha value is -0.160. The van der Waals surface area contributed by atoms with Gasteiger partial charge in [0.2, 0.25) is 0 Å². The highest BCUT2D eigenvalue weighted by molar-refractivity contribution is 4.74. The van der Waals surface area contributed by atoms with Gasteiger partial charge >= 0.3 is 0 Å². The van der Waals surface area contributed by atoms with Crippen LogP contribution in [0, 0.1) is 5.92 Å². The fourth-order valence-electron chi connectivity index (χ4n) is 2.20. The third-order valence-electron chi connectivity index (χ3n) is 3.38. The molecule has 0 spiro atoms. The molecule has 1 heterocycles. The molecule has 0 amide bonds. The maximum Gasteiger partial charge on any atom is 0.0616 e. The van der Waals surface area contributed by atoms with Crippen molar-refractivity contribution in [3.05, 3.63) is 0 Å². The number of nitrogens with zero attached hydrogens (tertiary/aromatic N) is 1. The Balaban J connectivity index is 2.15. The van der Waals surface area contributed by atoms with Crippen LogP contribution in [0.15, 0.2) is 0 Å². The summed E-state index contributed by atoms with van der Waals surface area (Å²) in [5.41, 5.74) is 0. The number of piperidine rings is 1. The highest BCUT2D eigenvalue weighted by Gasteiger charge is 2.17. The van der Waals surface area contributed by atoms with E-state index in [1.807, 2.05) is 0 Å². The fourth-order valence-corrected chi connectivity index (χ4v) is 2.20. The Morgan fingerprint density at radius 3 is 2.69 bits per heavy atom. The molecule has 0 aromatic rings. The number of likely N-dealkylation sites (tertiary alicyclic amines) is 1. The number of rotatable bonds is 7. The summed E-state index contributed by atoms with van der Waals surface area (Å²) in [4.78, 5) is 2.39. The van der Waals surface area contributed by atoms with E-state index in [0.29, 0.717) is 12.6 Å². The number of nitrogens with one attached hydrogen (secondary N) is 1. The van der Waals surface area contributed by atoms with Crippen LogP contribution in [0.4, 0.5) is 0 Å². The molecule has 1 atom stereocenters.